The van der Waals surface area contributed by atoms with E-state index in [0.29, 0.717) is 17.1 Å². The highest BCUT2D eigenvalue weighted by Gasteiger charge is 2.15. The van der Waals surface area contributed by atoms with Gasteiger partial charge in [0.25, 0.3) is 11.6 Å². The van der Waals surface area contributed by atoms with E-state index in [1.54, 1.807) is 42.5 Å². The highest BCUT2D eigenvalue weighted by molar-refractivity contribution is 5.95. The molecular weight excluding hydrogens is 326 g/mol. The Labute approximate surface area is 142 Å². The Kier molecular flexibility index (Phi) is 4.70. The van der Waals surface area contributed by atoms with Crippen LogP contribution in [0.15, 0.2) is 53.6 Å². The SMILES string of the molecule is O=C(N/N=C/C=C/c1ccc([N+](=O)[O-])cc1)c1ccc2c(c1)OCO2. The van der Waals surface area contributed by atoms with Gasteiger partial charge in [-0.1, -0.05) is 6.08 Å². The molecule has 8 nitrogen and oxygen atoms in total. The van der Waals surface area contributed by atoms with Crippen LogP contribution in [-0.2, 0) is 0 Å². The molecule has 0 aromatic heterocycles. The van der Waals surface area contributed by atoms with Crippen molar-refractivity contribution in [3.63, 3.8) is 0 Å². The van der Waals surface area contributed by atoms with Crippen molar-refractivity contribution in [3.8, 4) is 11.5 Å². The molecule has 25 heavy (non-hydrogen) atoms. The molecule has 1 aliphatic rings. The second kappa shape index (κ2) is 7.26. The molecule has 126 valence electrons. The topological polar surface area (TPSA) is 103 Å². The lowest BCUT2D eigenvalue weighted by molar-refractivity contribution is -0.384. The quantitative estimate of drug-likeness (QED) is 0.512. The summed E-state index contributed by atoms with van der Waals surface area (Å²) in [4.78, 5) is 22.1. The second-order valence-electron chi connectivity index (χ2n) is 4.99. The van der Waals surface area contributed by atoms with Gasteiger partial charge in [-0.15, -0.1) is 0 Å². The summed E-state index contributed by atoms with van der Waals surface area (Å²) in [5, 5.41) is 14.4. The molecule has 0 fully saturated rings. The first-order valence-electron chi connectivity index (χ1n) is 7.28. The van der Waals surface area contributed by atoms with Crippen molar-refractivity contribution >= 4 is 23.9 Å². The maximum atomic E-state index is 12.0. The van der Waals surface area contributed by atoms with Crippen LogP contribution in [0.3, 0.4) is 0 Å². The number of nitrogens with zero attached hydrogens (tertiary/aromatic N) is 2. The zero-order valence-corrected chi connectivity index (χ0v) is 12.9. The van der Waals surface area contributed by atoms with Gasteiger partial charge >= 0.3 is 0 Å². The van der Waals surface area contributed by atoms with E-state index >= 15 is 0 Å². The number of nitrogens with one attached hydrogen (secondary N) is 1. The van der Waals surface area contributed by atoms with Gasteiger partial charge in [0.05, 0.1) is 4.92 Å². The van der Waals surface area contributed by atoms with Gasteiger partial charge in [0.2, 0.25) is 6.79 Å². The fraction of sp³-hybridized carbons (Fsp3) is 0.0588. The van der Waals surface area contributed by atoms with Crippen molar-refractivity contribution < 1.29 is 19.2 Å². The number of rotatable bonds is 5. The Morgan fingerprint density at radius 3 is 2.68 bits per heavy atom. The fourth-order valence-electron chi connectivity index (χ4n) is 2.10. The van der Waals surface area contributed by atoms with Crippen molar-refractivity contribution in [3.05, 3.63) is 69.8 Å². The molecule has 2 aromatic rings. The molecule has 8 heteroatoms. The lowest BCUT2D eigenvalue weighted by Crippen LogP contribution is -2.17. The second-order valence-corrected chi connectivity index (χ2v) is 4.99. The van der Waals surface area contributed by atoms with E-state index in [0.717, 1.165) is 5.56 Å². The molecule has 1 N–H and O–H groups in total. The smallest absolute Gasteiger partial charge is 0.271 e. The number of carbonyl (C=O) groups is 1. The van der Waals surface area contributed by atoms with E-state index in [1.165, 1.54) is 18.3 Å². The summed E-state index contributed by atoms with van der Waals surface area (Å²) in [6.45, 7) is 0.145. The number of ether oxygens (including phenoxy) is 2. The highest BCUT2D eigenvalue weighted by Crippen LogP contribution is 2.32. The minimum absolute atomic E-state index is 0.0295. The Hall–Kier alpha value is -3.68. The Morgan fingerprint density at radius 2 is 1.92 bits per heavy atom. The van der Waals surface area contributed by atoms with Crippen molar-refractivity contribution in [2.75, 3.05) is 6.79 Å². The van der Waals surface area contributed by atoms with Gasteiger partial charge in [0.15, 0.2) is 11.5 Å². The summed E-state index contributed by atoms with van der Waals surface area (Å²) in [6.07, 6.45) is 4.73. The average Bonchev–Trinajstić information content (AvgIpc) is 3.09. The van der Waals surface area contributed by atoms with Gasteiger partial charge in [-0.2, -0.15) is 5.10 Å². The van der Waals surface area contributed by atoms with Crippen molar-refractivity contribution in [1.29, 1.82) is 0 Å². The lowest BCUT2D eigenvalue weighted by atomic mass is 10.2. The first-order valence-corrected chi connectivity index (χ1v) is 7.28. The maximum absolute atomic E-state index is 12.0. The van der Waals surface area contributed by atoms with Crippen molar-refractivity contribution in [2.24, 2.45) is 5.10 Å². The predicted octanol–water partition coefficient (Wildman–Crippen LogP) is 2.75. The highest BCUT2D eigenvalue weighted by atomic mass is 16.7. The number of non-ortho nitro benzene ring substituents is 1. The molecular formula is C17H13N3O5. The molecule has 3 rings (SSSR count). The Bertz CT molecular complexity index is 859. The van der Waals surface area contributed by atoms with Crippen LogP contribution in [0.2, 0.25) is 0 Å². The Balaban J connectivity index is 1.54. The largest absolute Gasteiger partial charge is 0.454 e. The van der Waals surface area contributed by atoms with Gasteiger partial charge in [-0.25, -0.2) is 5.43 Å². The molecule has 0 radical (unpaired) electrons. The molecule has 0 unspecified atom stereocenters. The van der Waals surface area contributed by atoms with Crippen LogP contribution in [0.5, 0.6) is 11.5 Å². The van der Waals surface area contributed by atoms with Gasteiger partial charge in [0, 0.05) is 23.9 Å². The number of allylic oxidation sites excluding steroid dienone is 1. The number of hydrogen-bond acceptors (Lipinski definition) is 6. The molecule has 0 saturated heterocycles. The summed E-state index contributed by atoms with van der Waals surface area (Å²) >= 11 is 0. The van der Waals surface area contributed by atoms with Gasteiger partial charge < -0.3 is 9.47 Å². The lowest BCUT2D eigenvalue weighted by Gasteiger charge is -2.01. The Morgan fingerprint density at radius 1 is 1.16 bits per heavy atom. The first-order chi connectivity index (χ1) is 12.1. The van der Waals surface area contributed by atoms with Crippen molar-refractivity contribution in [1.82, 2.24) is 5.43 Å². The predicted molar refractivity (Wildman–Crippen MR) is 90.7 cm³/mol. The fourth-order valence-corrected chi connectivity index (χ4v) is 2.10. The third-order valence-electron chi connectivity index (χ3n) is 3.35. The van der Waals surface area contributed by atoms with Gasteiger partial charge in [-0.3, -0.25) is 14.9 Å². The minimum atomic E-state index is -0.458. The number of nitro benzene ring substituents is 1. The van der Waals surface area contributed by atoms with E-state index in [4.69, 9.17) is 9.47 Å². The van der Waals surface area contributed by atoms with E-state index < -0.39 is 4.92 Å². The maximum Gasteiger partial charge on any atom is 0.271 e. The van der Waals surface area contributed by atoms with Crippen LogP contribution < -0.4 is 14.9 Å². The monoisotopic (exact) mass is 339 g/mol. The number of fused-ring (bicyclic) bond motifs is 1. The minimum Gasteiger partial charge on any atom is -0.454 e. The summed E-state index contributed by atoms with van der Waals surface area (Å²) in [6, 6.07) is 10.9. The molecule has 0 bridgehead atoms. The number of hydrazone groups is 1. The number of carbonyl (C=O) groups excluding carboxylic acids is 1. The number of nitro groups is 1. The number of hydrogen-bond donors (Lipinski definition) is 1. The molecule has 1 heterocycles. The van der Waals surface area contributed by atoms with Gasteiger partial charge in [0.1, 0.15) is 0 Å². The van der Waals surface area contributed by atoms with Crippen LogP contribution >= 0.6 is 0 Å². The standard InChI is InChI=1S/C17H13N3O5/c21-17(13-5-8-15-16(10-13)25-11-24-15)19-18-9-1-2-12-3-6-14(7-4-12)20(22)23/h1-10H,11H2,(H,19,21)/b2-1+,18-9+. The van der Waals surface area contributed by atoms with Crippen LogP contribution in [0, 0.1) is 10.1 Å². The van der Waals surface area contributed by atoms with E-state index in [-0.39, 0.29) is 18.4 Å². The molecule has 0 spiro atoms. The average molecular weight is 339 g/mol. The van der Waals surface area contributed by atoms with E-state index in [1.807, 2.05) is 0 Å². The summed E-state index contributed by atoms with van der Waals surface area (Å²) in [7, 11) is 0. The van der Waals surface area contributed by atoms with Crippen molar-refractivity contribution in [2.45, 2.75) is 0 Å². The van der Waals surface area contributed by atoms with E-state index in [9.17, 15) is 14.9 Å². The van der Waals surface area contributed by atoms with Crippen LogP contribution in [0.1, 0.15) is 15.9 Å². The third-order valence-corrected chi connectivity index (χ3v) is 3.35. The molecule has 0 saturated carbocycles. The van der Waals surface area contributed by atoms with Gasteiger partial charge in [-0.05, 0) is 42.0 Å². The third kappa shape index (κ3) is 3.99. The first kappa shape index (κ1) is 16.2. The van der Waals surface area contributed by atoms with Crippen LogP contribution in [-0.4, -0.2) is 23.8 Å². The number of amides is 1. The molecule has 1 aliphatic heterocycles. The molecule has 0 atom stereocenters. The normalized spacial score (nSPS) is 12.6. The molecule has 2 aromatic carbocycles. The summed E-state index contributed by atoms with van der Waals surface area (Å²) in [5.41, 5.74) is 3.60. The van der Waals surface area contributed by atoms with Crippen LogP contribution in [0.4, 0.5) is 5.69 Å². The summed E-state index contributed by atoms with van der Waals surface area (Å²) in [5.74, 6) is 0.749. The zero-order valence-electron chi connectivity index (χ0n) is 12.9. The van der Waals surface area contributed by atoms with E-state index in [2.05, 4.69) is 10.5 Å². The van der Waals surface area contributed by atoms with Crippen LogP contribution in [0.25, 0.3) is 6.08 Å². The number of benzene rings is 2. The summed E-state index contributed by atoms with van der Waals surface area (Å²) < 4.78 is 10.4. The molecule has 1 amide bonds. The molecule has 0 aliphatic carbocycles. The zero-order chi connectivity index (χ0) is 17.6.